The second kappa shape index (κ2) is 6.26. The molecule has 0 N–H and O–H groups in total. The van der Waals surface area contributed by atoms with Crippen LogP contribution in [0.2, 0.25) is 0 Å². The molecule has 3 aliphatic rings. The summed E-state index contributed by atoms with van der Waals surface area (Å²) in [6.45, 7) is 8.82. The van der Waals surface area contributed by atoms with Gasteiger partial charge in [0.25, 0.3) is 0 Å². The van der Waals surface area contributed by atoms with Crippen LogP contribution >= 0.6 is 0 Å². The number of benzene rings is 1. The first-order valence-corrected chi connectivity index (χ1v) is 8.53. The van der Waals surface area contributed by atoms with Gasteiger partial charge in [0, 0.05) is 45.9 Å². The van der Waals surface area contributed by atoms with Gasteiger partial charge in [-0.05, 0) is 41.9 Å². The van der Waals surface area contributed by atoms with Crippen molar-refractivity contribution in [3.05, 3.63) is 35.6 Å². The fraction of sp³-hybridized carbons (Fsp3) is 0.667. The molecule has 3 nitrogen and oxygen atoms in total. The summed E-state index contributed by atoms with van der Waals surface area (Å²) in [7, 11) is 0. The van der Waals surface area contributed by atoms with E-state index >= 15 is 0 Å². The largest absolute Gasteiger partial charge is 0.381 e. The Morgan fingerprint density at radius 2 is 1.86 bits per heavy atom. The van der Waals surface area contributed by atoms with Crippen molar-refractivity contribution in [2.75, 3.05) is 45.9 Å². The van der Waals surface area contributed by atoms with E-state index in [1.165, 1.54) is 45.2 Å². The van der Waals surface area contributed by atoms with Crippen molar-refractivity contribution in [2.45, 2.75) is 13.0 Å². The second-order valence-corrected chi connectivity index (χ2v) is 7.29. The first kappa shape index (κ1) is 14.6. The maximum atomic E-state index is 13.3. The van der Waals surface area contributed by atoms with Crippen molar-refractivity contribution in [1.29, 1.82) is 0 Å². The van der Waals surface area contributed by atoms with Gasteiger partial charge in [0.1, 0.15) is 5.82 Å². The molecule has 120 valence electrons. The molecule has 0 saturated carbocycles. The highest BCUT2D eigenvalue weighted by molar-refractivity contribution is 5.16. The minimum absolute atomic E-state index is 0.123. The first-order chi connectivity index (χ1) is 10.8. The number of ether oxygens (including phenoxy) is 1. The maximum Gasteiger partial charge on any atom is 0.123 e. The van der Waals surface area contributed by atoms with E-state index in [0.717, 1.165) is 43.1 Å². The van der Waals surface area contributed by atoms with Crippen LogP contribution < -0.4 is 0 Å². The van der Waals surface area contributed by atoms with Gasteiger partial charge in [-0.25, -0.2) is 4.39 Å². The summed E-state index contributed by atoms with van der Waals surface area (Å²) in [5.41, 5.74) is 1.10. The molecular formula is C18H25FN2O. The zero-order chi connectivity index (χ0) is 14.9. The first-order valence-electron chi connectivity index (χ1n) is 8.53. The monoisotopic (exact) mass is 304 g/mol. The lowest BCUT2D eigenvalue weighted by Gasteiger charge is -2.23. The van der Waals surface area contributed by atoms with Gasteiger partial charge in [-0.3, -0.25) is 4.90 Å². The summed E-state index contributed by atoms with van der Waals surface area (Å²) in [5.74, 6) is 2.23. The molecule has 3 saturated heterocycles. The van der Waals surface area contributed by atoms with E-state index < -0.39 is 0 Å². The summed E-state index contributed by atoms with van der Waals surface area (Å²) in [6, 6.07) is 7.03. The molecule has 22 heavy (non-hydrogen) atoms. The molecule has 3 atom stereocenters. The molecule has 3 fully saturated rings. The SMILES string of the molecule is Fc1cccc(CN2C[C@@H]3CN(CC4CCOC4)C[C@@H]3C2)c1. The Bertz CT molecular complexity index is 504. The van der Waals surface area contributed by atoms with E-state index in [9.17, 15) is 4.39 Å². The van der Waals surface area contributed by atoms with Crippen LogP contribution in [-0.4, -0.2) is 55.7 Å². The Kier molecular flexibility index (Phi) is 4.16. The van der Waals surface area contributed by atoms with Gasteiger partial charge in [-0.1, -0.05) is 12.1 Å². The molecule has 1 aromatic rings. The van der Waals surface area contributed by atoms with E-state index in [1.807, 2.05) is 12.1 Å². The van der Waals surface area contributed by atoms with Crippen LogP contribution in [0.4, 0.5) is 4.39 Å². The Labute approximate surface area is 132 Å². The van der Waals surface area contributed by atoms with Crippen LogP contribution in [0.3, 0.4) is 0 Å². The van der Waals surface area contributed by atoms with Crippen molar-refractivity contribution >= 4 is 0 Å². The molecule has 0 amide bonds. The van der Waals surface area contributed by atoms with Gasteiger partial charge < -0.3 is 9.64 Å². The molecule has 3 heterocycles. The van der Waals surface area contributed by atoms with Gasteiger partial charge in [0.05, 0.1) is 6.61 Å². The quantitative estimate of drug-likeness (QED) is 0.848. The normalized spacial score (nSPS) is 32.7. The number of nitrogens with zero attached hydrogens (tertiary/aromatic N) is 2. The molecule has 1 aromatic carbocycles. The lowest BCUT2D eigenvalue weighted by atomic mass is 10.0. The number of hydrogen-bond acceptors (Lipinski definition) is 3. The number of likely N-dealkylation sites (tertiary alicyclic amines) is 2. The summed E-state index contributed by atoms with van der Waals surface area (Å²) >= 11 is 0. The summed E-state index contributed by atoms with van der Waals surface area (Å²) in [6.07, 6.45) is 1.23. The van der Waals surface area contributed by atoms with Gasteiger partial charge in [0.15, 0.2) is 0 Å². The van der Waals surface area contributed by atoms with E-state index in [1.54, 1.807) is 6.07 Å². The predicted molar refractivity (Wildman–Crippen MR) is 84.0 cm³/mol. The second-order valence-electron chi connectivity index (χ2n) is 7.29. The molecule has 0 spiro atoms. The van der Waals surface area contributed by atoms with Crippen molar-refractivity contribution in [1.82, 2.24) is 9.80 Å². The van der Waals surface area contributed by atoms with Gasteiger partial charge in [0.2, 0.25) is 0 Å². The Hall–Kier alpha value is -0.970. The van der Waals surface area contributed by atoms with Crippen LogP contribution in [-0.2, 0) is 11.3 Å². The van der Waals surface area contributed by atoms with Crippen LogP contribution in [0.15, 0.2) is 24.3 Å². The number of hydrogen-bond donors (Lipinski definition) is 0. The zero-order valence-corrected chi connectivity index (χ0v) is 13.1. The fourth-order valence-electron chi connectivity index (χ4n) is 4.45. The highest BCUT2D eigenvalue weighted by Crippen LogP contribution is 2.32. The van der Waals surface area contributed by atoms with Crippen molar-refractivity contribution < 1.29 is 9.13 Å². The van der Waals surface area contributed by atoms with Gasteiger partial charge in [-0.2, -0.15) is 0 Å². The van der Waals surface area contributed by atoms with E-state index in [4.69, 9.17) is 4.74 Å². The minimum atomic E-state index is -0.123. The lowest BCUT2D eigenvalue weighted by Crippen LogP contribution is -2.32. The summed E-state index contributed by atoms with van der Waals surface area (Å²) in [5, 5.41) is 0. The Morgan fingerprint density at radius 1 is 1.09 bits per heavy atom. The number of fused-ring (bicyclic) bond motifs is 1. The molecule has 0 bridgehead atoms. The highest BCUT2D eigenvalue weighted by Gasteiger charge is 2.40. The van der Waals surface area contributed by atoms with Crippen LogP contribution in [0, 0.1) is 23.6 Å². The molecule has 0 aromatic heterocycles. The summed E-state index contributed by atoms with van der Waals surface area (Å²) < 4.78 is 18.8. The van der Waals surface area contributed by atoms with Crippen molar-refractivity contribution in [3.63, 3.8) is 0 Å². The average molecular weight is 304 g/mol. The predicted octanol–water partition coefficient (Wildman–Crippen LogP) is 2.23. The Balaban J connectivity index is 1.28. The van der Waals surface area contributed by atoms with Gasteiger partial charge in [-0.15, -0.1) is 0 Å². The third kappa shape index (κ3) is 3.19. The topological polar surface area (TPSA) is 15.7 Å². The van der Waals surface area contributed by atoms with Crippen molar-refractivity contribution in [3.8, 4) is 0 Å². The summed E-state index contributed by atoms with van der Waals surface area (Å²) in [4.78, 5) is 5.15. The average Bonchev–Trinajstić information content (AvgIpc) is 3.16. The maximum absolute atomic E-state index is 13.3. The molecule has 4 rings (SSSR count). The lowest BCUT2D eigenvalue weighted by molar-refractivity contribution is 0.169. The molecule has 3 aliphatic heterocycles. The smallest absolute Gasteiger partial charge is 0.123 e. The van der Waals surface area contributed by atoms with Gasteiger partial charge >= 0.3 is 0 Å². The zero-order valence-electron chi connectivity index (χ0n) is 13.1. The number of halogens is 1. The molecular weight excluding hydrogens is 279 g/mol. The third-order valence-corrected chi connectivity index (χ3v) is 5.47. The molecule has 0 aliphatic carbocycles. The van der Waals surface area contributed by atoms with Crippen LogP contribution in [0.25, 0.3) is 0 Å². The Morgan fingerprint density at radius 3 is 2.55 bits per heavy atom. The number of rotatable bonds is 4. The van der Waals surface area contributed by atoms with Crippen molar-refractivity contribution in [2.24, 2.45) is 17.8 Å². The highest BCUT2D eigenvalue weighted by atomic mass is 19.1. The van der Waals surface area contributed by atoms with E-state index in [-0.39, 0.29) is 5.82 Å². The van der Waals surface area contributed by atoms with Crippen LogP contribution in [0.5, 0.6) is 0 Å². The fourth-order valence-corrected chi connectivity index (χ4v) is 4.45. The molecule has 1 unspecified atom stereocenters. The minimum Gasteiger partial charge on any atom is -0.381 e. The molecule has 0 radical (unpaired) electrons. The van der Waals surface area contributed by atoms with E-state index in [2.05, 4.69) is 9.80 Å². The standard InChI is InChI=1S/C18H25FN2O/c19-18-3-1-2-14(6-18)7-20-9-16-11-21(12-17(16)10-20)8-15-4-5-22-13-15/h1-3,6,15-17H,4-5,7-13H2/t15?,16-,17+. The third-order valence-electron chi connectivity index (χ3n) is 5.47. The van der Waals surface area contributed by atoms with E-state index in [0.29, 0.717) is 0 Å². The molecule has 4 heteroatoms. The van der Waals surface area contributed by atoms with Crippen LogP contribution in [0.1, 0.15) is 12.0 Å².